The summed E-state index contributed by atoms with van der Waals surface area (Å²) in [5.74, 6) is -3.54. The second-order valence-corrected chi connectivity index (χ2v) is 4.45. The number of hydrogen-bond donors (Lipinski definition) is 5. The van der Waals surface area contributed by atoms with E-state index in [0.717, 1.165) is 6.42 Å². The van der Waals surface area contributed by atoms with Crippen molar-refractivity contribution in [3.63, 3.8) is 0 Å². The Morgan fingerprint density at radius 2 is 1.48 bits per heavy atom. The van der Waals surface area contributed by atoms with Crippen LogP contribution in [-0.4, -0.2) is 57.7 Å². The molecule has 0 aliphatic carbocycles. The predicted octanol–water partition coefficient (Wildman–Crippen LogP) is -0.286. The molecular formula is C14H21NO6. The number of rotatable bonds is 6. The smallest absolute Gasteiger partial charge is 0.335 e. The molecule has 21 heavy (non-hydrogen) atoms. The summed E-state index contributed by atoms with van der Waals surface area (Å²) in [6.45, 7) is 2.19. The summed E-state index contributed by atoms with van der Waals surface area (Å²) in [5.41, 5.74) is 1.40. The molecule has 1 aromatic rings. The van der Waals surface area contributed by atoms with Crippen LogP contribution < -0.4 is 5.32 Å². The predicted molar refractivity (Wildman–Crippen MR) is 76.0 cm³/mol. The van der Waals surface area contributed by atoms with Gasteiger partial charge < -0.3 is 25.7 Å². The van der Waals surface area contributed by atoms with E-state index in [-0.39, 0.29) is 0 Å². The molecule has 0 radical (unpaired) electrons. The molecule has 0 aromatic heterocycles. The molecule has 0 heterocycles. The molecule has 5 N–H and O–H groups in total. The van der Waals surface area contributed by atoms with Gasteiger partial charge in [0.15, 0.2) is 12.2 Å². The Morgan fingerprint density at radius 1 is 1.05 bits per heavy atom. The third-order valence-corrected chi connectivity index (χ3v) is 2.68. The molecule has 0 fully saturated rings. The number of aliphatic carboxylic acids is 2. The largest absolute Gasteiger partial charge is 0.479 e. The van der Waals surface area contributed by atoms with Crippen LogP contribution in [0.15, 0.2) is 30.3 Å². The molecular weight excluding hydrogens is 278 g/mol. The zero-order valence-corrected chi connectivity index (χ0v) is 11.9. The summed E-state index contributed by atoms with van der Waals surface area (Å²) >= 11 is 0. The van der Waals surface area contributed by atoms with E-state index >= 15 is 0 Å². The molecule has 1 aromatic carbocycles. The summed E-state index contributed by atoms with van der Waals surface area (Å²) in [6.07, 6.45) is -3.42. The van der Waals surface area contributed by atoms with Crippen LogP contribution in [0.1, 0.15) is 12.5 Å². The van der Waals surface area contributed by atoms with E-state index in [9.17, 15) is 9.59 Å². The van der Waals surface area contributed by atoms with Crippen molar-refractivity contribution in [2.75, 3.05) is 7.05 Å². The Hall–Kier alpha value is -1.96. The Morgan fingerprint density at radius 3 is 1.81 bits per heavy atom. The second-order valence-electron chi connectivity index (χ2n) is 4.45. The third kappa shape index (κ3) is 8.03. The first-order chi connectivity index (χ1) is 9.79. The molecule has 0 spiro atoms. The molecule has 0 aliphatic heterocycles. The van der Waals surface area contributed by atoms with Crippen LogP contribution in [0.25, 0.3) is 0 Å². The first-order valence-corrected chi connectivity index (χ1v) is 6.32. The van der Waals surface area contributed by atoms with Gasteiger partial charge in [0.1, 0.15) is 0 Å². The molecule has 0 bridgehead atoms. The Bertz CT molecular complexity index is 418. The van der Waals surface area contributed by atoms with Gasteiger partial charge in [-0.1, -0.05) is 30.3 Å². The topological polar surface area (TPSA) is 127 Å². The summed E-state index contributed by atoms with van der Waals surface area (Å²) in [5, 5.41) is 35.7. The quantitative estimate of drug-likeness (QED) is 0.488. The highest BCUT2D eigenvalue weighted by molar-refractivity contribution is 5.83. The Kier molecular flexibility index (Phi) is 8.95. The number of carboxylic acid groups (broad SMARTS) is 2. The average molecular weight is 299 g/mol. The monoisotopic (exact) mass is 299 g/mol. The van der Waals surface area contributed by atoms with E-state index in [1.807, 2.05) is 13.1 Å². The summed E-state index contributed by atoms with van der Waals surface area (Å²) in [7, 11) is 1.99. The van der Waals surface area contributed by atoms with Crippen molar-refractivity contribution in [1.82, 2.24) is 5.32 Å². The molecule has 7 nitrogen and oxygen atoms in total. The van der Waals surface area contributed by atoms with Crippen LogP contribution in [0.3, 0.4) is 0 Å². The molecule has 1 rings (SSSR count). The minimum atomic E-state index is -2.27. The van der Waals surface area contributed by atoms with Gasteiger partial charge in [-0.15, -0.1) is 0 Å². The average Bonchev–Trinajstić information content (AvgIpc) is 2.47. The summed E-state index contributed by atoms with van der Waals surface area (Å²) in [6, 6.07) is 11.1. The highest BCUT2D eigenvalue weighted by Crippen LogP contribution is 2.01. The van der Waals surface area contributed by atoms with E-state index in [1.165, 1.54) is 5.56 Å². The normalized spacial score (nSPS) is 14.3. The van der Waals surface area contributed by atoms with E-state index in [4.69, 9.17) is 20.4 Å². The number of hydrogen-bond acceptors (Lipinski definition) is 5. The van der Waals surface area contributed by atoms with E-state index < -0.39 is 24.1 Å². The van der Waals surface area contributed by atoms with E-state index in [2.05, 4.69) is 36.5 Å². The molecule has 118 valence electrons. The zero-order valence-electron chi connectivity index (χ0n) is 11.9. The molecule has 0 saturated heterocycles. The third-order valence-electron chi connectivity index (χ3n) is 2.68. The first kappa shape index (κ1) is 19.0. The van der Waals surface area contributed by atoms with Gasteiger partial charge in [-0.2, -0.15) is 0 Å². The standard InChI is InChI=1S/C10H15N.C4H6O6/c1-9(11-2)8-10-6-4-3-5-7-10;5-1(3(7)8)2(6)4(9)10/h3-7,9,11H,8H2,1-2H3;1-2,5-6H,(H,7,8)(H,9,10)/t9-;1-,2-/m11/s1. The maximum Gasteiger partial charge on any atom is 0.335 e. The molecule has 0 aliphatic rings. The Balaban J connectivity index is 0.000000384. The van der Waals surface area contributed by atoms with Crippen molar-refractivity contribution in [2.24, 2.45) is 0 Å². The van der Waals surface area contributed by atoms with E-state index in [1.54, 1.807) is 0 Å². The lowest BCUT2D eigenvalue weighted by Gasteiger charge is -2.08. The van der Waals surface area contributed by atoms with Crippen LogP contribution in [0.5, 0.6) is 0 Å². The highest BCUT2D eigenvalue weighted by Gasteiger charge is 2.29. The fourth-order valence-corrected chi connectivity index (χ4v) is 1.34. The molecule has 0 saturated carbocycles. The fourth-order valence-electron chi connectivity index (χ4n) is 1.34. The van der Waals surface area contributed by atoms with Crippen molar-refractivity contribution in [2.45, 2.75) is 31.6 Å². The SMILES string of the molecule is CN[C@H](C)Cc1ccccc1.O=C(O)[C@H](O)[C@@H](O)C(=O)O. The summed E-state index contributed by atoms with van der Waals surface area (Å²) in [4.78, 5) is 19.5. The second kappa shape index (κ2) is 9.87. The number of carbonyl (C=O) groups is 2. The first-order valence-electron chi connectivity index (χ1n) is 6.32. The van der Waals surface area contributed by atoms with Crippen LogP contribution in [0, 0.1) is 0 Å². The number of nitrogens with one attached hydrogen (secondary N) is 1. The van der Waals surface area contributed by atoms with Gasteiger partial charge in [0.2, 0.25) is 0 Å². The van der Waals surface area contributed by atoms with Crippen molar-refractivity contribution in [3.05, 3.63) is 35.9 Å². The molecule has 3 atom stereocenters. The lowest BCUT2D eigenvalue weighted by molar-refractivity contribution is -0.165. The van der Waals surface area contributed by atoms with Crippen LogP contribution in [0.2, 0.25) is 0 Å². The van der Waals surface area contributed by atoms with Crippen molar-refractivity contribution in [1.29, 1.82) is 0 Å². The van der Waals surface area contributed by atoms with Gasteiger partial charge in [0.25, 0.3) is 0 Å². The number of benzene rings is 1. The van der Waals surface area contributed by atoms with Gasteiger partial charge in [0.05, 0.1) is 0 Å². The lowest BCUT2D eigenvalue weighted by Crippen LogP contribution is -2.39. The number of carboxylic acids is 2. The number of aliphatic hydroxyl groups is 2. The highest BCUT2D eigenvalue weighted by atomic mass is 16.4. The molecule has 0 unspecified atom stereocenters. The summed E-state index contributed by atoms with van der Waals surface area (Å²) < 4.78 is 0. The number of aliphatic hydroxyl groups excluding tert-OH is 2. The number of likely N-dealkylation sites (N-methyl/N-ethyl adjacent to an activating group) is 1. The van der Waals surface area contributed by atoms with Gasteiger partial charge in [-0.25, -0.2) is 9.59 Å². The van der Waals surface area contributed by atoms with Gasteiger partial charge in [-0.05, 0) is 26.0 Å². The zero-order chi connectivity index (χ0) is 16.4. The Labute approximate surface area is 122 Å². The van der Waals surface area contributed by atoms with Crippen molar-refractivity contribution < 1.29 is 30.0 Å². The minimum absolute atomic E-state index is 0.567. The van der Waals surface area contributed by atoms with Gasteiger partial charge >= 0.3 is 11.9 Å². The maximum absolute atomic E-state index is 9.77. The molecule has 0 amide bonds. The molecule has 7 heteroatoms. The van der Waals surface area contributed by atoms with Gasteiger partial charge in [-0.3, -0.25) is 0 Å². The van der Waals surface area contributed by atoms with E-state index in [0.29, 0.717) is 6.04 Å². The van der Waals surface area contributed by atoms with Crippen molar-refractivity contribution >= 4 is 11.9 Å². The minimum Gasteiger partial charge on any atom is -0.479 e. The van der Waals surface area contributed by atoms with Crippen molar-refractivity contribution in [3.8, 4) is 0 Å². The maximum atomic E-state index is 9.77. The van der Waals surface area contributed by atoms with Crippen LogP contribution in [0.4, 0.5) is 0 Å². The van der Waals surface area contributed by atoms with Crippen LogP contribution in [-0.2, 0) is 16.0 Å². The van der Waals surface area contributed by atoms with Gasteiger partial charge in [0, 0.05) is 6.04 Å². The van der Waals surface area contributed by atoms with Crippen LogP contribution >= 0.6 is 0 Å². The lowest BCUT2D eigenvalue weighted by atomic mass is 10.1. The fraction of sp³-hybridized carbons (Fsp3) is 0.429.